The summed E-state index contributed by atoms with van der Waals surface area (Å²) in [6.07, 6.45) is -10.6. The maximum atomic E-state index is 12.5. The van der Waals surface area contributed by atoms with Gasteiger partial charge in [0.05, 0.1) is 18.4 Å². The molecule has 0 fully saturated rings. The quantitative estimate of drug-likeness (QED) is 0.739. The Morgan fingerprint density at radius 3 is 1.89 bits per heavy atom. The zero-order chi connectivity index (χ0) is 15.1. The Kier molecular flexibility index (Phi) is 3.98. The van der Waals surface area contributed by atoms with Crippen LogP contribution in [0.4, 0.5) is 26.3 Å². The third-order valence-electron chi connectivity index (χ3n) is 2.81. The van der Waals surface area contributed by atoms with Crippen molar-refractivity contribution in [2.75, 3.05) is 0 Å². The van der Waals surface area contributed by atoms with Crippen LogP contribution in [0.3, 0.4) is 0 Å². The summed E-state index contributed by atoms with van der Waals surface area (Å²) in [7, 11) is 0. The third kappa shape index (κ3) is 4.80. The lowest BCUT2D eigenvalue weighted by molar-refractivity contribution is -0.133. The molecule has 1 heterocycles. The molecule has 0 aromatic heterocycles. The molecule has 7 heteroatoms. The molecule has 1 rings (SSSR count). The van der Waals surface area contributed by atoms with Crippen molar-refractivity contribution in [1.29, 1.82) is 0 Å². The minimum absolute atomic E-state index is 0.261. The van der Waals surface area contributed by atoms with Gasteiger partial charge in [-0.05, 0) is 38.0 Å². The van der Waals surface area contributed by atoms with Crippen molar-refractivity contribution in [3.8, 4) is 0 Å². The molecule has 0 unspecified atom stereocenters. The minimum atomic E-state index is -4.54. The molecule has 1 aliphatic heterocycles. The van der Waals surface area contributed by atoms with Gasteiger partial charge in [0.2, 0.25) is 0 Å². The number of hydrogen-bond donors (Lipinski definition) is 1. The normalized spacial score (nSPS) is 20.2. The Labute approximate surface area is 107 Å². The first kappa shape index (κ1) is 15.9. The van der Waals surface area contributed by atoms with Crippen molar-refractivity contribution in [3.63, 3.8) is 0 Å². The zero-order valence-electron chi connectivity index (χ0n) is 10.8. The van der Waals surface area contributed by atoms with Gasteiger partial charge in [-0.2, -0.15) is 26.3 Å². The summed E-state index contributed by atoms with van der Waals surface area (Å²) in [6, 6.07) is 0. The molecule has 0 spiro atoms. The number of allylic oxidation sites excluding steroid dienone is 3. The SMILES string of the molecule is CC1=CC(CC(F)(F)F)=C(CC(F)(F)F)C(C)(C)N1. The maximum Gasteiger partial charge on any atom is 0.393 e. The predicted molar refractivity (Wildman–Crippen MR) is 59.3 cm³/mol. The van der Waals surface area contributed by atoms with Crippen LogP contribution in [0.5, 0.6) is 0 Å². The van der Waals surface area contributed by atoms with E-state index in [0.717, 1.165) is 6.08 Å². The smallest absolute Gasteiger partial charge is 0.380 e. The molecule has 0 aliphatic carbocycles. The first-order valence-electron chi connectivity index (χ1n) is 5.63. The number of halogens is 6. The largest absolute Gasteiger partial charge is 0.393 e. The summed E-state index contributed by atoms with van der Waals surface area (Å²) in [5.74, 6) is 0. The molecule has 19 heavy (non-hydrogen) atoms. The fourth-order valence-electron chi connectivity index (χ4n) is 2.26. The van der Waals surface area contributed by atoms with Crippen LogP contribution in [0.15, 0.2) is 22.9 Å². The average Bonchev–Trinajstić information content (AvgIpc) is 2.05. The molecule has 110 valence electrons. The van der Waals surface area contributed by atoms with Gasteiger partial charge in [-0.15, -0.1) is 0 Å². The van der Waals surface area contributed by atoms with Crippen LogP contribution in [0, 0.1) is 0 Å². The Hall–Kier alpha value is -1.14. The molecule has 0 saturated heterocycles. The standard InChI is InChI=1S/C12H15F6N/c1-7-4-8(5-11(13,14)15)9(6-12(16,17)18)10(2,3)19-7/h4,19H,5-6H2,1-3H3. The van der Waals surface area contributed by atoms with Crippen LogP contribution >= 0.6 is 0 Å². The third-order valence-corrected chi connectivity index (χ3v) is 2.81. The number of nitrogens with one attached hydrogen (secondary N) is 1. The number of alkyl halides is 6. The van der Waals surface area contributed by atoms with Gasteiger partial charge in [-0.25, -0.2) is 0 Å². The maximum absolute atomic E-state index is 12.5. The molecule has 1 aliphatic rings. The van der Waals surface area contributed by atoms with Gasteiger partial charge >= 0.3 is 12.4 Å². The lowest BCUT2D eigenvalue weighted by Gasteiger charge is -2.37. The molecule has 0 bridgehead atoms. The lowest BCUT2D eigenvalue weighted by Crippen LogP contribution is -2.44. The van der Waals surface area contributed by atoms with E-state index in [4.69, 9.17) is 0 Å². The molecular formula is C12H15F6N. The van der Waals surface area contributed by atoms with Gasteiger partial charge in [0.1, 0.15) is 0 Å². The van der Waals surface area contributed by atoms with Gasteiger partial charge in [-0.1, -0.05) is 0 Å². The van der Waals surface area contributed by atoms with Gasteiger partial charge in [0.25, 0.3) is 0 Å². The fourth-order valence-corrected chi connectivity index (χ4v) is 2.26. The van der Waals surface area contributed by atoms with Crippen molar-refractivity contribution < 1.29 is 26.3 Å². The highest BCUT2D eigenvalue weighted by molar-refractivity contribution is 5.40. The van der Waals surface area contributed by atoms with Gasteiger partial charge in [0.15, 0.2) is 0 Å². The predicted octanol–water partition coefficient (Wildman–Crippen LogP) is 4.47. The molecule has 1 N–H and O–H groups in total. The highest BCUT2D eigenvalue weighted by atomic mass is 19.4. The second-order valence-electron chi connectivity index (χ2n) is 5.17. The van der Waals surface area contributed by atoms with E-state index in [2.05, 4.69) is 5.32 Å². The first-order chi connectivity index (χ1) is 8.30. The molecule has 1 nitrogen and oxygen atoms in total. The van der Waals surface area contributed by atoms with Crippen molar-refractivity contribution in [3.05, 3.63) is 22.9 Å². The van der Waals surface area contributed by atoms with Crippen LogP contribution in [0.25, 0.3) is 0 Å². The zero-order valence-corrected chi connectivity index (χ0v) is 10.8. The van der Waals surface area contributed by atoms with Gasteiger partial charge in [0, 0.05) is 5.70 Å². The van der Waals surface area contributed by atoms with Crippen LogP contribution in [0.2, 0.25) is 0 Å². The highest BCUT2D eigenvalue weighted by Crippen LogP contribution is 2.39. The summed E-state index contributed by atoms with van der Waals surface area (Å²) in [5.41, 5.74) is -1.28. The molecule has 0 saturated carbocycles. The van der Waals surface area contributed by atoms with Crippen LogP contribution < -0.4 is 5.32 Å². The average molecular weight is 287 g/mol. The van der Waals surface area contributed by atoms with E-state index in [-0.39, 0.29) is 11.1 Å². The van der Waals surface area contributed by atoms with E-state index >= 15 is 0 Å². The molecule has 0 aromatic carbocycles. The molecular weight excluding hydrogens is 272 g/mol. The molecule has 0 aromatic rings. The van der Waals surface area contributed by atoms with Gasteiger partial charge < -0.3 is 5.32 Å². The Bertz CT molecular complexity index is 411. The number of dihydropyridines is 1. The summed E-state index contributed by atoms with van der Waals surface area (Å²) in [5, 5.41) is 2.78. The van der Waals surface area contributed by atoms with Gasteiger partial charge in [-0.3, -0.25) is 0 Å². The van der Waals surface area contributed by atoms with Crippen molar-refractivity contribution in [1.82, 2.24) is 5.32 Å². The molecule has 0 atom stereocenters. The van der Waals surface area contributed by atoms with E-state index in [1.807, 2.05) is 0 Å². The summed E-state index contributed by atoms with van der Waals surface area (Å²) < 4.78 is 74.9. The second kappa shape index (κ2) is 4.76. The van der Waals surface area contributed by atoms with Crippen molar-refractivity contribution >= 4 is 0 Å². The van der Waals surface area contributed by atoms with E-state index in [1.54, 1.807) is 0 Å². The summed E-state index contributed by atoms with van der Waals surface area (Å²) in [4.78, 5) is 0. The highest BCUT2D eigenvalue weighted by Gasteiger charge is 2.40. The monoisotopic (exact) mass is 287 g/mol. The topological polar surface area (TPSA) is 12.0 Å². The van der Waals surface area contributed by atoms with Crippen LogP contribution in [-0.4, -0.2) is 17.9 Å². The van der Waals surface area contributed by atoms with E-state index in [0.29, 0.717) is 5.70 Å². The van der Waals surface area contributed by atoms with E-state index in [1.165, 1.54) is 20.8 Å². The lowest BCUT2D eigenvalue weighted by atomic mass is 9.83. The Balaban J connectivity index is 3.24. The number of hydrogen-bond acceptors (Lipinski definition) is 1. The minimum Gasteiger partial charge on any atom is -0.380 e. The summed E-state index contributed by atoms with van der Waals surface area (Å²) >= 11 is 0. The Morgan fingerprint density at radius 1 is 1.00 bits per heavy atom. The second-order valence-corrected chi connectivity index (χ2v) is 5.17. The van der Waals surface area contributed by atoms with Crippen molar-refractivity contribution in [2.45, 2.75) is 51.5 Å². The first-order valence-corrected chi connectivity index (χ1v) is 5.63. The molecule has 0 amide bonds. The van der Waals surface area contributed by atoms with Crippen LogP contribution in [0.1, 0.15) is 33.6 Å². The number of rotatable bonds is 2. The van der Waals surface area contributed by atoms with E-state index in [9.17, 15) is 26.3 Å². The Morgan fingerprint density at radius 2 is 1.47 bits per heavy atom. The van der Waals surface area contributed by atoms with E-state index < -0.39 is 30.7 Å². The summed E-state index contributed by atoms with van der Waals surface area (Å²) in [6.45, 7) is 4.42. The molecule has 0 radical (unpaired) electrons. The fraction of sp³-hybridized carbons (Fsp3) is 0.667. The van der Waals surface area contributed by atoms with Crippen LogP contribution in [-0.2, 0) is 0 Å². The van der Waals surface area contributed by atoms with Crippen molar-refractivity contribution in [2.24, 2.45) is 0 Å².